The molecule has 8 heteroatoms. The van der Waals surface area contributed by atoms with Gasteiger partial charge in [0.05, 0.1) is 6.04 Å². The van der Waals surface area contributed by atoms with Gasteiger partial charge in [-0.05, 0) is 19.8 Å². The van der Waals surface area contributed by atoms with Crippen LogP contribution in [0.4, 0.5) is 4.79 Å². The molecular formula is C11H22Cl2N4O2. The molecule has 1 aliphatic carbocycles. The van der Waals surface area contributed by atoms with E-state index in [0.717, 1.165) is 39.0 Å². The van der Waals surface area contributed by atoms with E-state index in [1.807, 2.05) is 6.92 Å². The lowest BCUT2D eigenvalue weighted by Crippen LogP contribution is -2.54. The fourth-order valence-corrected chi connectivity index (χ4v) is 1.90. The van der Waals surface area contributed by atoms with E-state index in [1.54, 1.807) is 0 Å². The third-order valence-electron chi connectivity index (χ3n) is 3.23. The molecule has 0 aromatic rings. The Morgan fingerprint density at radius 3 is 2.32 bits per heavy atom. The van der Waals surface area contributed by atoms with Crippen LogP contribution in [0.15, 0.2) is 0 Å². The summed E-state index contributed by atoms with van der Waals surface area (Å²) in [6.45, 7) is 5.32. The van der Waals surface area contributed by atoms with Crippen molar-refractivity contribution in [1.82, 2.24) is 20.9 Å². The van der Waals surface area contributed by atoms with Gasteiger partial charge in [-0.25, -0.2) is 4.79 Å². The minimum Gasteiger partial charge on any atom is -0.335 e. The van der Waals surface area contributed by atoms with Gasteiger partial charge in [0.2, 0.25) is 5.91 Å². The Morgan fingerprint density at radius 1 is 1.21 bits per heavy atom. The third kappa shape index (κ3) is 5.95. The number of nitrogens with one attached hydrogen (secondary N) is 3. The first-order valence-electron chi connectivity index (χ1n) is 6.23. The lowest BCUT2D eigenvalue weighted by molar-refractivity contribution is -0.124. The highest BCUT2D eigenvalue weighted by molar-refractivity contribution is 5.97. The SMILES string of the molecule is CC(C(=O)NC(=O)NC1CC1)N1CCNCC1.Cl.Cl. The van der Waals surface area contributed by atoms with Crippen molar-refractivity contribution in [3.63, 3.8) is 0 Å². The largest absolute Gasteiger partial charge is 0.335 e. The molecule has 0 radical (unpaired) electrons. The second kappa shape index (κ2) is 8.58. The molecular weight excluding hydrogens is 291 g/mol. The molecule has 6 nitrogen and oxygen atoms in total. The smallest absolute Gasteiger partial charge is 0.321 e. The normalized spacial score (nSPS) is 20.5. The Bertz CT molecular complexity index is 307. The predicted octanol–water partition coefficient (Wildman–Crippen LogP) is 0.112. The Balaban J connectivity index is 0.00000162. The Labute approximate surface area is 125 Å². The van der Waals surface area contributed by atoms with Crippen molar-refractivity contribution < 1.29 is 9.59 Å². The van der Waals surface area contributed by atoms with Gasteiger partial charge in [-0.2, -0.15) is 0 Å². The molecule has 112 valence electrons. The summed E-state index contributed by atoms with van der Waals surface area (Å²) in [6, 6.07) is -0.334. The van der Waals surface area contributed by atoms with Crippen LogP contribution < -0.4 is 16.0 Å². The number of urea groups is 1. The molecule has 0 aromatic heterocycles. The first kappa shape index (κ1) is 18.4. The summed E-state index contributed by atoms with van der Waals surface area (Å²) in [6.07, 6.45) is 2.05. The molecule has 2 aliphatic rings. The standard InChI is InChI=1S/C11H20N4O2.2ClH/c1-8(15-6-4-12-5-7-15)10(16)14-11(17)13-9-2-3-9;;/h8-9,12H,2-7H2,1H3,(H2,13,14,16,17);2*1H. The van der Waals surface area contributed by atoms with E-state index in [0.29, 0.717) is 0 Å². The number of hydrogen-bond acceptors (Lipinski definition) is 4. The van der Waals surface area contributed by atoms with Crippen molar-refractivity contribution in [3.8, 4) is 0 Å². The zero-order valence-electron chi connectivity index (χ0n) is 11.0. The van der Waals surface area contributed by atoms with Gasteiger partial charge in [0.1, 0.15) is 0 Å². The van der Waals surface area contributed by atoms with E-state index in [9.17, 15) is 9.59 Å². The van der Waals surface area contributed by atoms with E-state index in [4.69, 9.17) is 0 Å². The van der Waals surface area contributed by atoms with Crippen LogP contribution in [-0.2, 0) is 4.79 Å². The Morgan fingerprint density at radius 2 is 1.79 bits per heavy atom. The minimum absolute atomic E-state index is 0. The van der Waals surface area contributed by atoms with E-state index < -0.39 is 0 Å². The lowest BCUT2D eigenvalue weighted by atomic mass is 10.2. The number of carbonyl (C=O) groups excluding carboxylic acids is 2. The molecule has 1 aliphatic heterocycles. The summed E-state index contributed by atoms with van der Waals surface area (Å²) in [5.74, 6) is -0.218. The van der Waals surface area contributed by atoms with Gasteiger partial charge in [0.15, 0.2) is 0 Å². The van der Waals surface area contributed by atoms with Crippen molar-refractivity contribution in [1.29, 1.82) is 0 Å². The minimum atomic E-state index is -0.362. The van der Waals surface area contributed by atoms with Gasteiger partial charge in [0.25, 0.3) is 0 Å². The summed E-state index contributed by atoms with van der Waals surface area (Å²) in [5.41, 5.74) is 0. The van der Waals surface area contributed by atoms with Gasteiger partial charge in [0, 0.05) is 32.2 Å². The molecule has 0 spiro atoms. The van der Waals surface area contributed by atoms with Gasteiger partial charge < -0.3 is 10.6 Å². The summed E-state index contributed by atoms with van der Waals surface area (Å²) < 4.78 is 0. The van der Waals surface area contributed by atoms with E-state index in [2.05, 4.69) is 20.9 Å². The third-order valence-corrected chi connectivity index (χ3v) is 3.23. The van der Waals surface area contributed by atoms with Crippen molar-refractivity contribution in [2.75, 3.05) is 26.2 Å². The number of nitrogens with zero attached hydrogens (tertiary/aromatic N) is 1. The summed E-state index contributed by atoms with van der Waals surface area (Å²) in [7, 11) is 0. The fraction of sp³-hybridized carbons (Fsp3) is 0.818. The molecule has 1 saturated carbocycles. The highest BCUT2D eigenvalue weighted by atomic mass is 35.5. The molecule has 19 heavy (non-hydrogen) atoms. The van der Waals surface area contributed by atoms with Crippen LogP contribution in [0.2, 0.25) is 0 Å². The zero-order valence-corrected chi connectivity index (χ0v) is 12.6. The zero-order chi connectivity index (χ0) is 12.3. The van der Waals surface area contributed by atoms with Crippen molar-refractivity contribution >= 4 is 36.8 Å². The lowest BCUT2D eigenvalue weighted by Gasteiger charge is -2.31. The quantitative estimate of drug-likeness (QED) is 0.692. The average molecular weight is 313 g/mol. The maximum absolute atomic E-state index is 11.8. The molecule has 1 saturated heterocycles. The summed E-state index contributed by atoms with van der Waals surface area (Å²) in [5, 5.41) is 8.37. The maximum atomic E-state index is 11.8. The average Bonchev–Trinajstić information content (AvgIpc) is 3.12. The highest BCUT2D eigenvalue weighted by Gasteiger charge is 2.27. The van der Waals surface area contributed by atoms with Gasteiger partial charge in [-0.3, -0.25) is 15.0 Å². The molecule has 0 aromatic carbocycles. The number of piperazine rings is 1. The van der Waals surface area contributed by atoms with Crippen LogP contribution in [0.25, 0.3) is 0 Å². The molecule has 2 fully saturated rings. The van der Waals surface area contributed by atoms with Crippen LogP contribution in [0.1, 0.15) is 19.8 Å². The number of hydrogen-bond donors (Lipinski definition) is 3. The molecule has 0 bridgehead atoms. The first-order valence-corrected chi connectivity index (χ1v) is 6.23. The predicted molar refractivity (Wildman–Crippen MR) is 78.1 cm³/mol. The topological polar surface area (TPSA) is 73.5 Å². The number of rotatable bonds is 3. The van der Waals surface area contributed by atoms with Crippen LogP contribution in [0.3, 0.4) is 0 Å². The molecule has 1 heterocycles. The van der Waals surface area contributed by atoms with Crippen LogP contribution in [-0.4, -0.2) is 55.1 Å². The van der Waals surface area contributed by atoms with E-state index in [-0.39, 0.29) is 48.8 Å². The van der Waals surface area contributed by atoms with Crippen LogP contribution in [0, 0.1) is 0 Å². The van der Waals surface area contributed by atoms with Crippen LogP contribution >= 0.6 is 24.8 Å². The second-order valence-electron chi connectivity index (χ2n) is 4.70. The van der Waals surface area contributed by atoms with Crippen LogP contribution in [0.5, 0.6) is 0 Å². The molecule has 1 atom stereocenters. The van der Waals surface area contributed by atoms with Crippen molar-refractivity contribution in [3.05, 3.63) is 0 Å². The molecule has 2 rings (SSSR count). The van der Waals surface area contributed by atoms with Crippen molar-refractivity contribution in [2.45, 2.75) is 31.8 Å². The second-order valence-corrected chi connectivity index (χ2v) is 4.70. The fourth-order valence-electron chi connectivity index (χ4n) is 1.90. The molecule has 3 amide bonds. The number of imide groups is 1. The maximum Gasteiger partial charge on any atom is 0.321 e. The number of halogens is 2. The number of amides is 3. The Kier molecular flexibility index (Phi) is 8.33. The van der Waals surface area contributed by atoms with Gasteiger partial charge >= 0.3 is 6.03 Å². The van der Waals surface area contributed by atoms with Gasteiger partial charge in [-0.15, -0.1) is 24.8 Å². The Hall–Kier alpha value is -0.560. The number of carbonyl (C=O) groups is 2. The first-order chi connectivity index (χ1) is 8.16. The van der Waals surface area contributed by atoms with Crippen molar-refractivity contribution in [2.24, 2.45) is 0 Å². The highest BCUT2D eigenvalue weighted by Crippen LogP contribution is 2.18. The van der Waals surface area contributed by atoms with E-state index in [1.165, 1.54) is 0 Å². The molecule has 3 N–H and O–H groups in total. The van der Waals surface area contributed by atoms with Gasteiger partial charge in [-0.1, -0.05) is 0 Å². The summed E-state index contributed by atoms with van der Waals surface area (Å²) >= 11 is 0. The summed E-state index contributed by atoms with van der Waals surface area (Å²) in [4.78, 5) is 25.3. The molecule has 1 unspecified atom stereocenters. The monoisotopic (exact) mass is 312 g/mol. The van der Waals surface area contributed by atoms with E-state index >= 15 is 0 Å².